The van der Waals surface area contributed by atoms with Crippen molar-refractivity contribution in [1.82, 2.24) is 9.80 Å². The molecule has 2 aromatic carbocycles. The monoisotopic (exact) mass is 464 g/mol. The molecule has 0 saturated carbocycles. The predicted octanol–water partition coefficient (Wildman–Crippen LogP) is 4.02. The molecule has 0 spiro atoms. The Labute approximate surface area is 200 Å². The summed E-state index contributed by atoms with van der Waals surface area (Å²) in [5, 5.41) is 11.2. The first-order chi connectivity index (χ1) is 16.4. The molecule has 2 aromatic rings. The van der Waals surface area contributed by atoms with Gasteiger partial charge >= 0.3 is 0 Å². The zero-order chi connectivity index (χ0) is 24.7. The number of hydrogen-bond acceptors (Lipinski definition) is 6. The lowest BCUT2D eigenvalue weighted by molar-refractivity contribution is -0.140. The van der Waals surface area contributed by atoms with E-state index in [2.05, 4.69) is 25.3 Å². The Morgan fingerprint density at radius 3 is 2.44 bits per heavy atom. The molecule has 180 valence electrons. The van der Waals surface area contributed by atoms with Crippen molar-refractivity contribution >= 4 is 17.4 Å². The minimum atomic E-state index is -0.732. The first-order valence-electron chi connectivity index (χ1n) is 11.4. The number of carbonyl (C=O) groups excluding carboxylic acids is 2. The number of ketones is 1. The van der Waals surface area contributed by atoms with Crippen LogP contribution < -0.4 is 9.47 Å². The lowest BCUT2D eigenvalue weighted by atomic mass is 9.95. The molecule has 7 nitrogen and oxygen atoms in total. The Morgan fingerprint density at radius 2 is 1.82 bits per heavy atom. The fourth-order valence-corrected chi connectivity index (χ4v) is 4.08. The zero-order valence-electron chi connectivity index (χ0n) is 20.0. The van der Waals surface area contributed by atoms with Crippen LogP contribution in [0.15, 0.2) is 66.8 Å². The fourth-order valence-electron chi connectivity index (χ4n) is 4.08. The third kappa shape index (κ3) is 5.31. The van der Waals surface area contributed by atoms with Crippen LogP contribution in [-0.2, 0) is 9.59 Å². The molecule has 34 heavy (non-hydrogen) atoms. The largest absolute Gasteiger partial charge is 0.507 e. The molecule has 3 rings (SSSR count). The molecular formula is C27H32N2O5. The molecule has 1 aliphatic rings. The maximum absolute atomic E-state index is 13.2. The van der Waals surface area contributed by atoms with E-state index in [1.165, 1.54) is 0 Å². The third-order valence-corrected chi connectivity index (χ3v) is 6.00. The highest BCUT2D eigenvalue weighted by molar-refractivity contribution is 6.46. The second kappa shape index (κ2) is 11.5. The molecule has 1 amide bonds. The molecular weight excluding hydrogens is 432 g/mol. The van der Waals surface area contributed by atoms with Gasteiger partial charge in [0.15, 0.2) is 0 Å². The van der Waals surface area contributed by atoms with E-state index in [0.717, 1.165) is 13.1 Å². The summed E-state index contributed by atoms with van der Waals surface area (Å²) in [5.74, 6) is -0.315. The number of aliphatic hydroxyl groups is 1. The normalized spacial score (nSPS) is 17.3. The second-order valence-electron chi connectivity index (χ2n) is 7.92. The lowest BCUT2D eigenvalue weighted by Crippen LogP contribution is -2.38. The van der Waals surface area contributed by atoms with Crippen molar-refractivity contribution in [3.63, 3.8) is 0 Å². The van der Waals surface area contributed by atoms with Crippen molar-refractivity contribution in [2.24, 2.45) is 0 Å². The molecule has 1 atom stereocenters. The van der Waals surface area contributed by atoms with E-state index in [1.54, 1.807) is 54.5 Å². The molecule has 7 heteroatoms. The van der Waals surface area contributed by atoms with Gasteiger partial charge in [0.1, 0.15) is 23.9 Å². The Kier molecular flexibility index (Phi) is 8.49. The summed E-state index contributed by atoms with van der Waals surface area (Å²) >= 11 is 0. The lowest BCUT2D eigenvalue weighted by Gasteiger charge is -2.28. The van der Waals surface area contributed by atoms with Gasteiger partial charge in [0, 0.05) is 18.7 Å². The Morgan fingerprint density at radius 1 is 1.12 bits per heavy atom. The number of hydrogen-bond donors (Lipinski definition) is 1. The van der Waals surface area contributed by atoms with Gasteiger partial charge in [0.25, 0.3) is 11.7 Å². The first-order valence-corrected chi connectivity index (χ1v) is 11.4. The molecule has 1 fully saturated rings. The first kappa shape index (κ1) is 25.1. The summed E-state index contributed by atoms with van der Waals surface area (Å²) in [7, 11) is 1.55. The van der Waals surface area contributed by atoms with Crippen molar-refractivity contribution in [2.75, 3.05) is 39.9 Å². The molecule has 1 aliphatic heterocycles. The van der Waals surface area contributed by atoms with E-state index in [0.29, 0.717) is 42.3 Å². The average molecular weight is 465 g/mol. The minimum absolute atomic E-state index is 0.0654. The standard InChI is InChI=1S/C27H32N2O5/c1-5-17-34-22-10-8-9-20(18-22)24-23(25(30)19-11-13-21(33-4)14-12-19)26(31)27(32)29(24)16-15-28(6-2)7-3/h5,8-14,18,24,30H,1,6-7,15-17H2,2-4H3/b25-23+/t24-/m1/s1. The van der Waals surface area contributed by atoms with Crippen molar-refractivity contribution in [1.29, 1.82) is 0 Å². The summed E-state index contributed by atoms with van der Waals surface area (Å²) in [6, 6.07) is 13.2. The van der Waals surface area contributed by atoms with Gasteiger partial charge in [-0.25, -0.2) is 0 Å². The van der Waals surface area contributed by atoms with Crippen LogP contribution in [0.25, 0.3) is 5.76 Å². The topological polar surface area (TPSA) is 79.3 Å². The Balaban J connectivity index is 2.09. The number of Topliss-reactive ketones (excluding diaryl/α,β-unsaturated/α-hetero) is 1. The molecule has 0 radical (unpaired) electrons. The number of methoxy groups -OCH3 is 1. The van der Waals surface area contributed by atoms with E-state index in [1.807, 2.05) is 12.1 Å². The van der Waals surface area contributed by atoms with E-state index >= 15 is 0 Å². The number of carbonyl (C=O) groups is 2. The van der Waals surface area contributed by atoms with Crippen LogP contribution in [0, 0.1) is 0 Å². The molecule has 1 saturated heterocycles. The van der Waals surface area contributed by atoms with E-state index in [4.69, 9.17) is 9.47 Å². The predicted molar refractivity (Wildman–Crippen MR) is 132 cm³/mol. The summed E-state index contributed by atoms with van der Waals surface area (Å²) in [6.07, 6.45) is 1.65. The molecule has 0 bridgehead atoms. The third-order valence-electron chi connectivity index (χ3n) is 6.00. The van der Waals surface area contributed by atoms with Gasteiger partial charge in [-0.05, 0) is 55.1 Å². The molecule has 1 N–H and O–H groups in total. The van der Waals surface area contributed by atoms with Gasteiger partial charge in [-0.3, -0.25) is 9.59 Å². The van der Waals surface area contributed by atoms with Crippen LogP contribution in [0.3, 0.4) is 0 Å². The molecule has 1 heterocycles. The molecule has 0 unspecified atom stereocenters. The van der Waals surface area contributed by atoms with Crippen LogP contribution in [0.1, 0.15) is 31.0 Å². The van der Waals surface area contributed by atoms with Gasteiger partial charge in [-0.2, -0.15) is 0 Å². The second-order valence-corrected chi connectivity index (χ2v) is 7.92. The summed E-state index contributed by atoms with van der Waals surface area (Å²) in [5.41, 5.74) is 1.19. The summed E-state index contributed by atoms with van der Waals surface area (Å²) < 4.78 is 10.9. The quantitative estimate of drug-likeness (QED) is 0.234. The van der Waals surface area contributed by atoms with Gasteiger partial charge < -0.3 is 24.4 Å². The number of likely N-dealkylation sites (tertiary alicyclic amines) is 1. The summed E-state index contributed by atoms with van der Waals surface area (Å²) in [4.78, 5) is 30.0. The highest BCUT2D eigenvalue weighted by Gasteiger charge is 2.46. The fraction of sp³-hybridized carbons (Fsp3) is 0.333. The molecule has 0 aliphatic carbocycles. The van der Waals surface area contributed by atoms with Crippen molar-refractivity contribution < 1.29 is 24.2 Å². The van der Waals surface area contributed by atoms with Crippen LogP contribution >= 0.6 is 0 Å². The number of benzene rings is 2. The maximum Gasteiger partial charge on any atom is 0.295 e. The van der Waals surface area contributed by atoms with E-state index in [-0.39, 0.29) is 11.3 Å². The number of aliphatic hydroxyl groups excluding tert-OH is 1. The maximum atomic E-state index is 13.2. The van der Waals surface area contributed by atoms with Crippen molar-refractivity contribution in [3.05, 3.63) is 77.9 Å². The van der Waals surface area contributed by atoms with Crippen LogP contribution in [0.5, 0.6) is 11.5 Å². The van der Waals surface area contributed by atoms with E-state index < -0.39 is 17.7 Å². The number of ether oxygens (including phenoxy) is 2. The van der Waals surface area contributed by atoms with Gasteiger partial charge in [0.2, 0.25) is 0 Å². The number of rotatable bonds is 11. The minimum Gasteiger partial charge on any atom is -0.507 e. The highest BCUT2D eigenvalue weighted by atomic mass is 16.5. The smallest absolute Gasteiger partial charge is 0.295 e. The van der Waals surface area contributed by atoms with Crippen LogP contribution in [-0.4, -0.2) is 66.5 Å². The van der Waals surface area contributed by atoms with Gasteiger partial charge in [-0.1, -0.05) is 38.6 Å². The van der Waals surface area contributed by atoms with Crippen molar-refractivity contribution in [3.8, 4) is 11.5 Å². The Hall–Kier alpha value is -3.58. The average Bonchev–Trinajstić information content (AvgIpc) is 3.13. The molecule has 0 aromatic heterocycles. The summed E-state index contributed by atoms with van der Waals surface area (Å²) in [6.45, 7) is 10.8. The number of amides is 1. The number of nitrogens with zero attached hydrogens (tertiary/aromatic N) is 2. The van der Waals surface area contributed by atoms with Gasteiger partial charge in [-0.15, -0.1) is 0 Å². The highest BCUT2D eigenvalue weighted by Crippen LogP contribution is 2.40. The number of likely N-dealkylation sites (N-methyl/N-ethyl adjacent to an activating group) is 1. The SMILES string of the molecule is C=CCOc1cccc([C@@H]2/C(=C(\O)c3ccc(OC)cc3)C(=O)C(=O)N2CCN(CC)CC)c1. The Bertz CT molecular complexity index is 1060. The van der Waals surface area contributed by atoms with Crippen molar-refractivity contribution in [2.45, 2.75) is 19.9 Å². The van der Waals surface area contributed by atoms with E-state index in [9.17, 15) is 14.7 Å². The van der Waals surface area contributed by atoms with Crippen LogP contribution in [0.2, 0.25) is 0 Å². The van der Waals surface area contributed by atoms with Gasteiger partial charge in [0.05, 0.1) is 18.7 Å². The zero-order valence-corrected chi connectivity index (χ0v) is 20.0. The van der Waals surface area contributed by atoms with Crippen LogP contribution in [0.4, 0.5) is 0 Å².